The van der Waals surface area contributed by atoms with Crippen molar-refractivity contribution in [3.05, 3.63) is 65.6 Å². The first-order valence-electron chi connectivity index (χ1n) is 7.56. The van der Waals surface area contributed by atoms with Crippen LogP contribution in [0.5, 0.6) is 0 Å². The van der Waals surface area contributed by atoms with Crippen LogP contribution in [0.1, 0.15) is 17.5 Å². The monoisotopic (exact) mass is 311 g/mol. The van der Waals surface area contributed by atoms with Gasteiger partial charge in [0.2, 0.25) is 5.91 Å². The molecule has 0 spiro atoms. The lowest BCUT2D eigenvalue weighted by atomic mass is 10.1. The molecule has 118 valence electrons. The van der Waals surface area contributed by atoms with Crippen molar-refractivity contribution in [2.75, 3.05) is 0 Å². The van der Waals surface area contributed by atoms with Crippen LogP contribution in [0.4, 0.5) is 4.39 Å². The maximum absolute atomic E-state index is 12.8. The second-order valence-electron chi connectivity index (χ2n) is 5.53. The largest absolute Gasteiger partial charge is 0.352 e. The number of amides is 1. The van der Waals surface area contributed by atoms with Crippen LogP contribution in [0.15, 0.2) is 48.7 Å². The second-order valence-corrected chi connectivity index (χ2v) is 5.53. The molecule has 1 amide bonds. The van der Waals surface area contributed by atoms with Crippen LogP contribution >= 0.6 is 0 Å². The number of rotatable bonds is 5. The van der Waals surface area contributed by atoms with Gasteiger partial charge < -0.3 is 5.32 Å². The molecule has 0 bridgehead atoms. The number of aryl methyl sites for hydroxylation is 2. The summed E-state index contributed by atoms with van der Waals surface area (Å²) in [4.78, 5) is 12.0. The van der Waals surface area contributed by atoms with Gasteiger partial charge in [-0.1, -0.05) is 24.3 Å². The summed E-state index contributed by atoms with van der Waals surface area (Å²) >= 11 is 0. The van der Waals surface area contributed by atoms with E-state index in [1.54, 1.807) is 12.1 Å². The smallest absolute Gasteiger partial charge is 0.222 e. The molecule has 0 aliphatic carbocycles. The Bertz CT molecular complexity index is 824. The Morgan fingerprint density at radius 2 is 2.00 bits per heavy atom. The highest BCUT2D eigenvalue weighted by atomic mass is 19.1. The first kappa shape index (κ1) is 15.2. The number of hydrogen-bond donors (Lipinski definition) is 1. The number of carbonyl (C=O) groups excluding carboxylic acids is 1. The fourth-order valence-electron chi connectivity index (χ4n) is 2.52. The fourth-order valence-corrected chi connectivity index (χ4v) is 2.52. The number of benzene rings is 2. The molecule has 3 aromatic rings. The summed E-state index contributed by atoms with van der Waals surface area (Å²) < 4.78 is 14.7. The topological polar surface area (TPSA) is 46.9 Å². The SMILES string of the molecule is Cc1cccc2c1cnn2CCC(=O)NCc1ccc(F)cc1. The molecule has 0 radical (unpaired) electrons. The number of nitrogens with zero attached hydrogens (tertiary/aromatic N) is 2. The van der Waals surface area contributed by atoms with Gasteiger partial charge in [0.1, 0.15) is 5.82 Å². The zero-order valence-electron chi connectivity index (χ0n) is 12.9. The van der Waals surface area contributed by atoms with Crippen LogP contribution in [0, 0.1) is 12.7 Å². The van der Waals surface area contributed by atoms with Gasteiger partial charge in [0.05, 0.1) is 18.3 Å². The molecule has 0 aliphatic heterocycles. The molecule has 23 heavy (non-hydrogen) atoms. The van der Waals surface area contributed by atoms with Gasteiger partial charge in [-0.25, -0.2) is 4.39 Å². The van der Waals surface area contributed by atoms with Gasteiger partial charge in [-0.3, -0.25) is 9.48 Å². The van der Waals surface area contributed by atoms with E-state index in [2.05, 4.69) is 10.4 Å². The summed E-state index contributed by atoms with van der Waals surface area (Å²) in [6.45, 7) is 2.98. The maximum Gasteiger partial charge on any atom is 0.222 e. The average molecular weight is 311 g/mol. The van der Waals surface area contributed by atoms with Crippen LogP contribution in [0.25, 0.3) is 10.9 Å². The molecule has 3 rings (SSSR count). The van der Waals surface area contributed by atoms with Crippen molar-refractivity contribution in [3.8, 4) is 0 Å². The van der Waals surface area contributed by atoms with Crippen molar-refractivity contribution in [3.63, 3.8) is 0 Å². The van der Waals surface area contributed by atoms with Crippen LogP contribution < -0.4 is 5.32 Å². The normalized spacial score (nSPS) is 10.9. The maximum atomic E-state index is 12.8. The number of hydrogen-bond acceptors (Lipinski definition) is 2. The van der Waals surface area contributed by atoms with E-state index in [4.69, 9.17) is 0 Å². The summed E-state index contributed by atoms with van der Waals surface area (Å²) in [7, 11) is 0. The minimum atomic E-state index is -0.277. The molecular formula is C18H18FN3O. The Balaban J connectivity index is 1.56. The quantitative estimate of drug-likeness (QED) is 0.786. The van der Waals surface area contributed by atoms with Gasteiger partial charge in [-0.2, -0.15) is 5.10 Å². The Morgan fingerprint density at radius 1 is 1.22 bits per heavy atom. The molecule has 0 saturated heterocycles. The van der Waals surface area contributed by atoms with Crippen molar-refractivity contribution in [1.29, 1.82) is 0 Å². The van der Waals surface area contributed by atoms with Gasteiger partial charge in [-0.05, 0) is 36.2 Å². The van der Waals surface area contributed by atoms with E-state index < -0.39 is 0 Å². The molecule has 0 aliphatic rings. The van der Waals surface area contributed by atoms with Gasteiger partial charge in [0, 0.05) is 18.4 Å². The minimum Gasteiger partial charge on any atom is -0.352 e. The van der Waals surface area contributed by atoms with Gasteiger partial charge in [-0.15, -0.1) is 0 Å². The van der Waals surface area contributed by atoms with E-state index >= 15 is 0 Å². The van der Waals surface area contributed by atoms with Crippen LogP contribution in [-0.4, -0.2) is 15.7 Å². The third-order valence-electron chi connectivity index (χ3n) is 3.86. The zero-order chi connectivity index (χ0) is 16.2. The number of halogens is 1. The summed E-state index contributed by atoms with van der Waals surface area (Å²) in [6, 6.07) is 12.2. The van der Waals surface area contributed by atoms with Crippen molar-refractivity contribution in [2.24, 2.45) is 0 Å². The third-order valence-corrected chi connectivity index (χ3v) is 3.86. The van der Waals surface area contributed by atoms with E-state index in [9.17, 15) is 9.18 Å². The van der Waals surface area contributed by atoms with Gasteiger partial charge >= 0.3 is 0 Å². The zero-order valence-corrected chi connectivity index (χ0v) is 12.9. The first-order valence-corrected chi connectivity index (χ1v) is 7.56. The summed E-state index contributed by atoms with van der Waals surface area (Å²) in [6.07, 6.45) is 2.19. The molecule has 1 heterocycles. The molecule has 1 aromatic heterocycles. The lowest BCUT2D eigenvalue weighted by molar-refractivity contribution is -0.121. The molecule has 0 atom stereocenters. The molecule has 4 nitrogen and oxygen atoms in total. The predicted octanol–water partition coefficient (Wildman–Crippen LogP) is 3.19. The highest BCUT2D eigenvalue weighted by molar-refractivity contribution is 5.82. The molecular weight excluding hydrogens is 293 g/mol. The van der Waals surface area contributed by atoms with E-state index in [0.29, 0.717) is 19.5 Å². The molecule has 2 aromatic carbocycles. The van der Waals surface area contributed by atoms with Crippen LogP contribution in [-0.2, 0) is 17.9 Å². The lowest BCUT2D eigenvalue weighted by Crippen LogP contribution is -2.24. The second kappa shape index (κ2) is 6.60. The van der Waals surface area contributed by atoms with E-state index in [-0.39, 0.29) is 11.7 Å². The number of aromatic nitrogens is 2. The predicted molar refractivity (Wildman–Crippen MR) is 87.3 cm³/mol. The summed E-state index contributed by atoms with van der Waals surface area (Å²) in [5.41, 5.74) is 3.09. The highest BCUT2D eigenvalue weighted by Gasteiger charge is 2.07. The number of nitrogens with one attached hydrogen (secondary N) is 1. The molecule has 1 N–H and O–H groups in total. The lowest BCUT2D eigenvalue weighted by Gasteiger charge is -2.07. The number of carbonyl (C=O) groups is 1. The Hall–Kier alpha value is -2.69. The van der Waals surface area contributed by atoms with Crippen molar-refractivity contribution in [1.82, 2.24) is 15.1 Å². The standard InChI is InChI=1S/C18H18FN3O/c1-13-3-2-4-17-16(13)12-21-22(17)10-9-18(23)20-11-14-5-7-15(19)8-6-14/h2-8,12H,9-11H2,1H3,(H,20,23). The Kier molecular flexibility index (Phi) is 4.37. The molecule has 0 fully saturated rings. The van der Waals surface area contributed by atoms with Crippen molar-refractivity contribution < 1.29 is 9.18 Å². The van der Waals surface area contributed by atoms with E-state index in [1.807, 2.05) is 36.0 Å². The summed E-state index contributed by atoms with van der Waals surface area (Å²) in [5.74, 6) is -0.327. The minimum absolute atomic E-state index is 0.0503. The fraction of sp³-hybridized carbons (Fsp3) is 0.222. The third kappa shape index (κ3) is 3.56. The first-order chi connectivity index (χ1) is 11.1. The highest BCUT2D eigenvalue weighted by Crippen LogP contribution is 2.17. The van der Waals surface area contributed by atoms with Crippen LogP contribution in [0.2, 0.25) is 0 Å². The van der Waals surface area contributed by atoms with Crippen LogP contribution in [0.3, 0.4) is 0 Å². The molecule has 0 unspecified atom stereocenters. The van der Waals surface area contributed by atoms with E-state index in [1.165, 1.54) is 17.7 Å². The molecule has 5 heteroatoms. The molecule has 0 saturated carbocycles. The Morgan fingerprint density at radius 3 is 2.78 bits per heavy atom. The summed E-state index contributed by atoms with van der Waals surface area (Å²) in [5, 5.41) is 8.30. The van der Waals surface area contributed by atoms with Gasteiger partial charge in [0.25, 0.3) is 0 Å². The van der Waals surface area contributed by atoms with Crippen molar-refractivity contribution in [2.45, 2.75) is 26.4 Å². The van der Waals surface area contributed by atoms with E-state index in [0.717, 1.165) is 16.5 Å². The number of fused-ring (bicyclic) bond motifs is 1. The van der Waals surface area contributed by atoms with Gasteiger partial charge in [0.15, 0.2) is 0 Å². The average Bonchev–Trinajstić information content (AvgIpc) is 2.97. The Labute approximate surface area is 133 Å². The van der Waals surface area contributed by atoms with Crippen molar-refractivity contribution >= 4 is 16.8 Å².